The third-order valence-electron chi connectivity index (χ3n) is 3.39. The number of ether oxygens (including phenoxy) is 1. The lowest BCUT2D eigenvalue weighted by atomic mass is 9.88. The van der Waals surface area contributed by atoms with Crippen molar-refractivity contribution in [3.63, 3.8) is 0 Å². The molecule has 1 aromatic heterocycles. The Morgan fingerprint density at radius 1 is 1.33 bits per heavy atom. The zero-order valence-electron chi connectivity index (χ0n) is 10.1. The Hall–Kier alpha value is -0.590. The van der Waals surface area contributed by atoms with E-state index >= 15 is 0 Å². The van der Waals surface area contributed by atoms with Crippen LogP contribution in [0.2, 0.25) is 0 Å². The van der Waals surface area contributed by atoms with E-state index < -0.39 is 11.1 Å². The zero-order chi connectivity index (χ0) is 13.2. The highest BCUT2D eigenvalue weighted by Gasteiger charge is 2.35. The van der Waals surface area contributed by atoms with Crippen molar-refractivity contribution in [2.24, 2.45) is 0 Å². The normalized spacial score (nSPS) is 20.0. The van der Waals surface area contributed by atoms with E-state index in [0.717, 1.165) is 48.2 Å². The van der Waals surface area contributed by atoms with E-state index in [2.05, 4.69) is 5.32 Å². The molecule has 2 heterocycles. The van der Waals surface area contributed by atoms with Gasteiger partial charge in [0.15, 0.2) is 0 Å². The largest absolute Gasteiger partial charge is 0.425 e. The lowest BCUT2D eigenvalue weighted by Crippen LogP contribution is -2.44. The van der Waals surface area contributed by atoms with Gasteiger partial charge in [-0.15, -0.1) is 11.3 Å². The summed E-state index contributed by atoms with van der Waals surface area (Å²) < 4.78 is 43.1. The molecule has 6 heteroatoms. The van der Waals surface area contributed by atoms with Crippen LogP contribution in [0.5, 0.6) is 0 Å². The molecule has 1 aliphatic rings. The number of piperidine rings is 1. The first-order chi connectivity index (χ1) is 8.45. The monoisotopic (exact) mass is 279 g/mol. The number of hydrogen-bond donors (Lipinski definition) is 1. The number of halogens is 3. The van der Waals surface area contributed by atoms with Crippen molar-refractivity contribution in [2.45, 2.75) is 31.0 Å². The van der Waals surface area contributed by atoms with E-state index in [1.807, 2.05) is 0 Å². The molecule has 1 N–H and O–H groups in total. The summed E-state index contributed by atoms with van der Waals surface area (Å²) in [4.78, 5) is 0.212. The zero-order valence-corrected chi connectivity index (χ0v) is 11.0. The van der Waals surface area contributed by atoms with Gasteiger partial charge in [-0.2, -0.15) is 13.2 Å². The van der Waals surface area contributed by atoms with Gasteiger partial charge in [0.2, 0.25) is 0 Å². The first-order valence-corrected chi connectivity index (χ1v) is 6.69. The fourth-order valence-corrected chi connectivity index (χ4v) is 3.28. The van der Waals surface area contributed by atoms with Gasteiger partial charge in [-0.25, -0.2) is 0 Å². The predicted octanol–water partition coefficient (Wildman–Crippen LogP) is 3.08. The molecule has 102 valence electrons. The maximum atomic E-state index is 12.5. The highest BCUT2D eigenvalue weighted by Crippen LogP contribution is 2.37. The molecule has 2 rings (SSSR count). The quantitative estimate of drug-likeness (QED) is 0.918. The minimum Gasteiger partial charge on any atom is -0.378 e. The highest BCUT2D eigenvalue weighted by atomic mass is 32.1. The van der Waals surface area contributed by atoms with Crippen LogP contribution < -0.4 is 5.32 Å². The van der Waals surface area contributed by atoms with Crippen LogP contribution in [0.4, 0.5) is 13.2 Å². The van der Waals surface area contributed by atoms with Gasteiger partial charge in [0.05, 0.1) is 5.60 Å². The molecule has 2 nitrogen and oxygen atoms in total. The summed E-state index contributed by atoms with van der Waals surface area (Å²) in [7, 11) is 1.64. The predicted molar refractivity (Wildman–Crippen MR) is 64.9 cm³/mol. The molecule has 0 bridgehead atoms. The van der Waals surface area contributed by atoms with Crippen LogP contribution in [-0.4, -0.2) is 25.8 Å². The van der Waals surface area contributed by atoms with E-state index in [-0.39, 0.29) is 5.60 Å². The second kappa shape index (κ2) is 5.19. The van der Waals surface area contributed by atoms with Crippen molar-refractivity contribution in [1.82, 2.24) is 5.32 Å². The van der Waals surface area contributed by atoms with Gasteiger partial charge in [-0.3, -0.25) is 0 Å². The van der Waals surface area contributed by atoms with Gasteiger partial charge in [0.25, 0.3) is 0 Å². The maximum absolute atomic E-state index is 12.5. The summed E-state index contributed by atoms with van der Waals surface area (Å²) in [6.07, 6.45) is -2.01. The van der Waals surface area contributed by atoms with Crippen molar-refractivity contribution < 1.29 is 17.9 Å². The first kappa shape index (κ1) is 13.8. The molecule has 0 radical (unpaired) electrons. The maximum Gasteiger partial charge on any atom is 0.425 e. The van der Waals surface area contributed by atoms with Crippen molar-refractivity contribution >= 4 is 11.3 Å². The van der Waals surface area contributed by atoms with Gasteiger partial charge in [0.1, 0.15) is 4.88 Å². The van der Waals surface area contributed by atoms with Gasteiger partial charge >= 0.3 is 6.18 Å². The third-order valence-corrected chi connectivity index (χ3v) is 4.52. The van der Waals surface area contributed by atoms with E-state index in [1.165, 1.54) is 0 Å². The van der Waals surface area contributed by atoms with Gasteiger partial charge in [0, 0.05) is 18.4 Å². The molecule has 0 aromatic carbocycles. The molecule has 0 aliphatic carbocycles. The third kappa shape index (κ3) is 3.05. The SMILES string of the molecule is COC1(Cc2ccc(C(F)(F)F)s2)CCNCC1. The number of thiophene rings is 1. The Balaban J connectivity index is 2.10. The van der Waals surface area contributed by atoms with Crippen LogP contribution >= 0.6 is 11.3 Å². The molecule has 1 aliphatic heterocycles. The van der Waals surface area contributed by atoms with Crippen molar-refractivity contribution in [3.05, 3.63) is 21.9 Å². The van der Waals surface area contributed by atoms with Crippen molar-refractivity contribution in [1.29, 1.82) is 0 Å². The average molecular weight is 279 g/mol. The fourth-order valence-electron chi connectivity index (χ4n) is 2.28. The molecule has 1 aromatic rings. The molecule has 0 spiro atoms. The minimum absolute atomic E-state index is 0.307. The number of methoxy groups -OCH3 is 1. The number of hydrogen-bond acceptors (Lipinski definition) is 3. The Labute approximate surface area is 108 Å². The topological polar surface area (TPSA) is 21.3 Å². The Morgan fingerprint density at radius 2 is 2.00 bits per heavy atom. The van der Waals surface area contributed by atoms with Gasteiger partial charge in [-0.1, -0.05) is 0 Å². The molecule has 1 saturated heterocycles. The second-order valence-electron chi connectivity index (χ2n) is 4.58. The van der Waals surface area contributed by atoms with E-state index in [0.29, 0.717) is 6.42 Å². The van der Waals surface area contributed by atoms with E-state index in [4.69, 9.17) is 4.74 Å². The summed E-state index contributed by atoms with van der Waals surface area (Å²) >= 11 is 0.822. The van der Waals surface area contributed by atoms with Crippen LogP contribution in [0.25, 0.3) is 0 Å². The average Bonchev–Trinajstić information content (AvgIpc) is 2.78. The summed E-state index contributed by atoms with van der Waals surface area (Å²) in [6.45, 7) is 1.71. The summed E-state index contributed by atoms with van der Waals surface area (Å²) in [5, 5.41) is 3.23. The molecule has 0 saturated carbocycles. The van der Waals surface area contributed by atoms with Crippen LogP contribution in [0.1, 0.15) is 22.6 Å². The lowest BCUT2D eigenvalue weighted by molar-refractivity contribution is -0.134. The van der Waals surface area contributed by atoms with Crippen LogP contribution in [0.3, 0.4) is 0 Å². The van der Waals surface area contributed by atoms with E-state index in [1.54, 1.807) is 13.2 Å². The molecular weight excluding hydrogens is 263 g/mol. The molecule has 0 amide bonds. The highest BCUT2D eigenvalue weighted by molar-refractivity contribution is 7.12. The number of alkyl halides is 3. The Kier molecular flexibility index (Phi) is 3.99. The Bertz CT molecular complexity index is 396. The number of rotatable bonds is 3. The number of nitrogens with one attached hydrogen (secondary N) is 1. The van der Waals surface area contributed by atoms with Gasteiger partial charge in [-0.05, 0) is 38.1 Å². The van der Waals surface area contributed by atoms with E-state index in [9.17, 15) is 13.2 Å². The minimum atomic E-state index is -4.24. The molecular formula is C12H16F3NOS. The summed E-state index contributed by atoms with van der Waals surface area (Å²) in [5.74, 6) is 0. The summed E-state index contributed by atoms with van der Waals surface area (Å²) in [6, 6.07) is 2.72. The summed E-state index contributed by atoms with van der Waals surface area (Å²) in [5.41, 5.74) is -0.307. The smallest absolute Gasteiger partial charge is 0.378 e. The Morgan fingerprint density at radius 3 is 2.50 bits per heavy atom. The van der Waals surface area contributed by atoms with Crippen LogP contribution in [-0.2, 0) is 17.3 Å². The van der Waals surface area contributed by atoms with Crippen LogP contribution in [0, 0.1) is 0 Å². The lowest BCUT2D eigenvalue weighted by Gasteiger charge is -2.36. The molecule has 18 heavy (non-hydrogen) atoms. The van der Waals surface area contributed by atoms with Gasteiger partial charge < -0.3 is 10.1 Å². The van der Waals surface area contributed by atoms with Crippen molar-refractivity contribution in [3.8, 4) is 0 Å². The molecule has 0 unspecified atom stereocenters. The standard InChI is InChI=1S/C12H16F3NOS/c1-17-11(4-6-16-7-5-11)8-9-2-3-10(18-9)12(13,14)15/h2-3,16H,4-8H2,1H3. The van der Waals surface area contributed by atoms with Crippen LogP contribution in [0.15, 0.2) is 12.1 Å². The molecule has 0 atom stereocenters. The second-order valence-corrected chi connectivity index (χ2v) is 5.75. The first-order valence-electron chi connectivity index (χ1n) is 5.87. The fraction of sp³-hybridized carbons (Fsp3) is 0.667. The molecule has 1 fully saturated rings. The van der Waals surface area contributed by atoms with Crippen molar-refractivity contribution in [2.75, 3.05) is 20.2 Å².